The molecule has 0 fully saturated rings. The summed E-state index contributed by atoms with van der Waals surface area (Å²) >= 11 is 0. The first-order valence-corrected chi connectivity index (χ1v) is 7.16. The lowest BCUT2D eigenvalue weighted by molar-refractivity contribution is 0.177. The van der Waals surface area contributed by atoms with Gasteiger partial charge in [0.05, 0.1) is 0 Å². The van der Waals surface area contributed by atoms with Crippen molar-refractivity contribution >= 4 is 0 Å². The molecule has 0 aliphatic heterocycles. The molecule has 2 aromatic rings. The summed E-state index contributed by atoms with van der Waals surface area (Å²) in [5.41, 5.74) is 8.79. The third-order valence-corrected chi connectivity index (χ3v) is 3.57. The van der Waals surface area contributed by atoms with Crippen molar-refractivity contribution in [1.29, 1.82) is 0 Å². The minimum atomic E-state index is 0.0826. The third-order valence-electron chi connectivity index (χ3n) is 3.57. The van der Waals surface area contributed by atoms with E-state index in [0.717, 1.165) is 13.1 Å². The van der Waals surface area contributed by atoms with Crippen LogP contribution in [-0.2, 0) is 6.54 Å². The minimum Gasteiger partial charge on any atom is -0.326 e. The van der Waals surface area contributed by atoms with Crippen LogP contribution in [0, 0.1) is 0 Å². The normalized spacial score (nSPS) is 14.2. The molecule has 3 heteroatoms. The fourth-order valence-corrected chi connectivity index (χ4v) is 2.63. The second-order valence-electron chi connectivity index (χ2n) is 5.13. The van der Waals surface area contributed by atoms with Gasteiger partial charge < -0.3 is 5.73 Å². The summed E-state index contributed by atoms with van der Waals surface area (Å²) in [6, 6.07) is 14.9. The van der Waals surface area contributed by atoms with Crippen LogP contribution in [0.25, 0.3) is 0 Å². The molecule has 0 radical (unpaired) electrons. The number of nitrogens with two attached hydrogens (primary N) is 1. The monoisotopic (exact) mass is 269 g/mol. The van der Waals surface area contributed by atoms with Gasteiger partial charge in [-0.25, -0.2) is 0 Å². The van der Waals surface area contributed by atoms with Gasteiger partial charge in [0.1, 0.15) is 0 Å². The lowest BCUT2D eigenvalue weighted by atomic mass is 9.98. The van der Waals surface area contributed by atoms with E-state index in [1.165, 1.54) is 11.1 Å². The first-order valence-electron chi connectivity index (χ1n) is 7.16. The lowest BCUT2D eigenvalue weighted by Crippen LogP contribution is -2.39. The zero-order valence-corrected chi connectivity index (χ0v) is 12.2. The van der Waals surface area contributed by atoms with Crippen molar-refractivity contribution in [3.63, 3.8) is 0 Å². The summed E-state index contributed by atoms with van der Waals surface area (Å²) < 4.78 is 0. The van der Waals surface area contributed by atoms with Crippen LogP contribution in [0.15, 0.2) is 54.9 Å². The van der Waals surface area contributed by atoms with Crippen LogP contribution < -0.4 is 5.73 Å². The van der Waals surface area contributed by atoms with E-state index in [1.54, 1.807) is 0 Å². The number of hydrogen-bond donors (Lipinski definition) is 1. The summed E-state index contributed by atoms with van der Waals surface area (Å²) in [7, 11) is 0. The Balaban J connectivity index is 2.22. The molecule has 2 rings (SSSR count). The van der Waals surface area contributed by atoms with Gasteiger partial charge >= 0.3 is 0 Å². The molecule has 0 amide bonds. The predicted octanol–water partition coefficient (Wildman–Crippen LogP) is 2.99. The van der Waals surface area contributed by atoms with Crippen LogP contribution in [0.1, 0.15) is 31.0 Å². The Kier molecular flexibility index (Phi) is 5.27. The number of likely N-dealkylation sites (N-methyl/N-ethyl adjacent to an activating group) is 1. The Morgan fingerprint density at radius 2 is 1.75 bits per heavy atom. The first-order chi connectivity index (χ1) is 9.72. The molecule has 0 aliphatic rings. The average Bonchev–Trinajstić information content (AvgIpc) is 2.48. The molecule has 2 N–H and O–H groups in total. The summed E-state index contributed by atoms with van der Waals surface area (Å²) in [5, 5.41) is 0. The second kappa shape index (κ2) is 7.17. The van der Waals surface area contributed by atoms with Crippen LogP contribution in [-0.4, -0.2) is 22.5 Å². The maximum Gasteiger partial charge on any atom is 0.0499 e. The van der Waals surface area contributed by atoms with Gasteiger partial charge in [0.2, 0.25) is 0 Å². The minimum absolute atomic E-state index is 0.0826. The van der Waals surface area contributed by atoms with Gasteiger partial charge in [-0.1, -0.05) is 37.3 Å². The zero-order chi connectivity index (χ0) is 14.4. The number of nitrogens with zero attached hydrogens (tertiary/aromatic N) is 2. The van der Waals surface area contributed by atoms with E-state index in [0.29, 0.717) is 0 Å². The molecule has 1 aromatic heterocycles. The molecule has 1 heterocycles. The maximum atomic E-state index is 6.24. The van der Waals surface area contributed by atoms with E-state index in [4.69, 9.17) is 5.73 Å². The van der Waals surface area contributed by atoms with Crippen molar-refractivity contribution in [2.75, 3.05) is 6.54 Å². The van der Waals surface area contributed by atoms with Crippen molar-refractivity contribution < 1.29 is 0 Å². The molecule has 0 spiro atoms. The molecule has 20 heavy (non-hydrogen) atoms. The number of aromatic nitrogens is 1. The predicted molar refractivity (Wildman–Crippen MR) is 83.2 cm³/mol. The Morgan fingerprint density at radius 1 is 1.10 bits per heavy atom. The zero-order valence-electron chi connectivity index (χ0n) is 12.2. The molecule has 2 atom stereocenters. The molecule has 1 aromatic carbocycles. The molecule has 106 valence electrons. The highest BCUT2D eigenvalue weighted by atomic mass is 15.2. The Bertz CT molecular complexity index is 496. The van der Waals surface area contributed by atoms with Crippen molar-refractivity contribution in [1.82, 2.24) is 9.88 Å². The van der Waals surface area contributed by atoms with Crippen molar-refractivity contribution in [3.8, 4) is 0 Å². The van der Waals surface area contributed by atoms with Gasteiger partial charge in [-0.3, -0.25) is 9.88 Å². The van der Waals surface area contributed by atoms with Crippen molar-refractivity contribution in [2.45, 2.75) is 32.5 Å². The van der Waals surface area contributed by atoms with E-state index in [1.807, 2.05) is 18.5 Å². The lowest BCUT2D eigenvalue weighted by Gasteiger charge is -2.34. The van der Waals surface area contributed by atoms with Crippen LogP contribution in [0.3, 0.4) is 0 Å². The summed E-state index contributed by atoms with van der Waals surface area (Å²) in [6.07, 6.45) is 3.68. The highest BCUT2D eigenvalue weighted by Crippen LogP contribution is 2.24. The van der Waals surface area contributed by atoms with Crippen molar-refractivity contribution in [2.24, 2.45) is 5.73 Å². The van der Waals surface area contributed by atoms with Crippen LogP contribution >= 0.6 is 0 Å². The maximum absolute atomic E-state index is 6.24. The Labute approximate surface area is 121 Å². The van der Waals surface area contributed by atoms with E-state index in [2.05, 4.69) is 60.1 Å². The van der Waals surface area contributed by atoms with E-state index in [-0.39, 0.29) is 12.1 Å². The summed E-state index contributed by atoms with van der Waals surface area (Å²) in [6.45, 7) is 6.11. The van der Waals surface area contributed by atoms with Gasteiger partial charge in [-0.2, -0.15) is 0 Å². The van der Waals surface area contributed by atoms with Gasteiger partial charge in [-0.05, 0) is 36.7 Å². The summed E-state index contributed by atoms with van der Waals surface area (Å²) in [5.74, 6) is 0. The quantitative estimate of drug-likeness (QED) is 0.876. The van der Waals surface area contributed by atoms with E-state index in [9.17, 15) is 0 Å². The van der Waals surface area contributed by atoms with E-state index >= 15 is 0 Å². The SMILES string of the molecule is CCN(Cc1ccncc1)C(c1ccccc1)C(C)N. The molecule has 0 saturated heterocycles. The molecular weight excluding hydrogens is 246 g/mol. The molecule has 3 nitrogen and oxygen atoms in total. The summed E-state index contributed by atoms with van der Waals surface area (Å²) in [4.78, 5) is 6.49. The number of rotatable bonds is 6. The van der Waals surface area contributed by atoms with E-state index < -0.39 is 0 Å². The highest BCUT2D eigenvalue weighted by Gasteiger charge is 2.22. The molecule has 0 bridgehead atoms. The number of pyridine rings is 1. The highest BCUT2D eigenvalue weighted by molar-refractivity contribution is 5.21. The Hall–Kier alpha value is -1.71. The van der Waals surface area contributed by atoms with Gasteiger partial charge in [0, 0.05) is 31.0 Å². The third kappa shape index (κ3) is 3.65. The largest absolute Gasteiger partial charge is 0.326 e. The first kappa shape index (κ1) is 14.7. The molecule has 2 unspecified atom stereocenters. The van der Waals surface area contributed by atoms with Crippen LogP contribution in [0.5, 0.6) is 0 Å². The number of benzene rings is 1. The van der Waals surface area contributed by atoms with Gasteiger partial charge in [-0.15, -0.1) is 0 Å². The number of hydrogen-bond acceptors (Lipinski definition) is 3. The van der Waals surface area contributed by atoms with Crippen LogP contribution in [0.4, 0.5) is 0 Å². The standard InChI is InChI=1S/C17H23N3/c1-3-20(13-15-9-11-19-12-10-15)17(14(2)18)16-7-5-4-6-8-16/h4-12,14,17H,3,13,18H2,1-2H3. The van der Waals surface area contributed by atoms with Gasteiger partial charge in [0.25, 0.3) is 0 Å². The fourth-order valence-electron chi connectivity index (χ4n) is 2.63. The van der Waals surface area contributed by atoms with Crippen LogP contribution in [0.2, 0.25) is 0 Å². The topological polar surface area (TPSA) is 42.2 Å². The average molecular weight is 269 g/mol. The van der Waals surface area contributed by atoms with Crippen molar-refractivity contribution in [3.05, 3.63) is 66.0 Å². The second-order valence-corrected chi connectivity index (χ2v) is 5.13. The molecule has 0 saturated carbocycles. The smallest absolute Gasteiger partial charge is 0.0499 e. The van der Waals surface area contributed by atoms with Gasteiger partial charge in [0.15, 0.2) is 0 Å². The molecule has 0 aliphatic carbocycles. The molecular formula is C17H23N3. The fraction of sp³-hybridized carbons (Fsp3) is 0.353. The Morgan fingerprint density at radius 3 is 2.30 bits per heavy atom.